The third-order valence-electron chi connectivity index (χ3n) is 0.803. The summed E-state index contributed by atoms with van der Waals surface area (Å²) in [6.07, 6.45) is 1.18. The Morgan fingerprint density at radius 3 is 2.11 bits per heavy atom. The number of allylic oxidation sites excluding steroid dienone is 2. The van der Waals surface area contributed by atoms with E-state index in [9.17, 15) is 13.2 Å². The summed E-state index contributed by atoms with van der Waals surface area (Å²) in [5, 5.41) is 0. The summed E-state index contributed by atoms with van der Waals surface area (Å²) in [5.74, 6) is -4.64. The first-order chi connectivity index (χ1) is 3.98. The Bertz CT molecular complexity index is 110. The van der Waals surface area contributed by atoms with Crippen molar-refractivity contribution in [1.82, 2.24) is 0 Å². The molecule has 9 heavy (non-hydrogen) atoms. The average molecular weight is 138 g/mol. The summed E-state index contributed by atoms with van der Waals surface area (Å²) in [5.41, 5.74) is 0. The van der Waals surface area contributed by atoms with Crippen LogP contribution in [0.15, 0.2) is 11.9 Å². The third-order valence-corrected chi connectivity index (χ3v) is 0.803. The lowest BCUT2D eigenvalue weighted by Crippen LogP contribution is -2.09. The van der Waals surface area contributed by atoms with Gasteiger partial charge in [-0.2, -0.15) is 8.78 Å². The van der Waals surface area contributed by atoms with E-state index in [0.29, 0.717) is 13.3 Å². The molecule has 0 saturated heterocycles. The van der Waals surface area contributed by atoms with Gasteiger partial charge >= 0.3 is 0 Å². The lowest BCUT2D eigenvalue weighted by molar-refractivity contribution is 0.0383. The van der Waals surface area contributed by atoms with E-state index in [4.69, 9.17) is 0 Å². The standard InChI is InChI=1S/C6H9F3/c1-3-4-5(7)6(2,8)9/h4H,3H2,1-2H3. The number of halogens is 3. The molecule has 0 fully saturated rings. The van der Waals surface area contributed by atoms with Crippen LogP contribution in [-0.4, -0.2) is 5.92 Å². The van der Waals surface area contributed by atoms with Crippen molar-refractivity contribution in [3.8, 4) is 0 Å². The van der Waals surface area contributed by atoms with Crippen molar-refractivity contribution in [3.05, 3.63) is 11.9 Å². The van der Waals surface area contributed by atoms with Gasteiger partial charge in [-0.25, -0.2) is 4.39 Å². The molecule has 0 bridgehead atoms. The smallest absolute Gasteiger partial charge is 0.206 e. The highest BCUT2D eigenvalue weighted by molar-refractivity contribution is 5.00. The highest BCUT2D eigenvalue weighted by Crippen LogP contribution is 2.23. The Morgan fingerprint density at radius 1 is 1.56 bits per heavy atom. The zero-order valence-corrected chi connectivity index (χ0v) is 5.42. The van der Waals surface area contributed by atoms with Crippen molar-refractivity contribution in [2.45, 2.75) is 26.2 Å². The quantitative estimate of drug-likeness (QED) is 0.550. The topological polar surface area (TPSA) is 0 Å². The molecule has 3 heteroatoms. The molecule has 0 aromatic heterocycles. The lowest BCUT2D eigenvalue weighted by atomic mass is 10.3. The van der Waals surface area contributed by atoms with Crippen molar-refractivity contribution in [2.75, 3.05) is 0 Å². The van der Waals surface area contributed by atoms with Crippen molar-refractivity contribution in [3.63, 3.8) is 0 Å². The van der Waals surface area contributed by atoms with Gasteiger partial charge in [0.05, 0.1) is 0 Å². The van der Waals surface area contributed by atoms with E-state index in [1.54, 1.807) is 6.92 Å². The zero-order chi connectivity index (χ0) is 7.49. The van der Waals surface area contributed by atoms with E-state index >= 15 is 0 Å². The fourth-order valence-electron chi connectivity index (χ4n) is 0.358. The van der Waals surface area contributed by atoms with Gasteiger partial charge in [-0.15, -0.1) is 0 Å². The molecular weight excluding hydrogens is 129 g/mol. The van der Waals surface area contributed by atoms with Gasteiger partial charge in [0.2, 0.25) is 0 Å². The monoisotopic (exact) mass is 138 g/mol. The van der Waals surface area contributed by atoms with Crippen LogP contribution in [-0.2, 0) is 0 Å². The van der Waals surface area contributed by atoms with Crippen molar-refractivity contribution in [2.24, 2.45) is 0 Å². The van der Waals surface area contributed by atoms with Crippen LogP contribution < -0.4 is 0 Å². The Morgan fingerprint density at radius 2 is 2.00 bits per heavy atom. The summed E-state index contributed by atoms with van der Waals surface area (Å²) < 4.78 is 35.7. The van der Waals surface area contributed by atoms with Crippen LogP contribution in [0.4, 0.5) is 13.2 Å². The van der Waals surface area contributed by atoms with Gasteiger partial charge in [-0.3, -0.25) is 0 Å². The Kier molecular flexibility index (Phi) is 2.74. The highest BCUT2D eigenvalue weighted by Gasteiger charge is 2.26. The van der Waals surface area contributed by atoms with E-state index in [-0.39, 0.29) is 0 Å². The molecule has 0 rings (SSSR count). The molecule has 0 aromatic carbocycles. The number of rotatable bonds is 2. The summed E-state index contributed by atoms with van der Waals surface area (Å²) >= 11 is 0. The number of hydrogen-bond acceptors (Lipinski definition) is 0. The van der Waals surface area contributed by atoms with Gasteiger partial charge in [-0.1, -0.05) is 6.92 Å². The fraction of sp³-hybridized carbons (Fsp3) is 0.667. The van der Waals surface area contributed by atoms with Gasteiger partial charge in [-0.05, 0) is 12.5 Å². The van der Waals surface area contributed by atoms with E-state index in [2.05, 4.69) is 0 Å². The van der Waals surface area contributed by atoms with Crippen LogP contribution in [0, 0.1) is 0 Å². The average Bonchev–Trinajstić information content (AvgIpc) is 1.64. The second-order valence-corrected chi connectivity index (χ2v) is 1.85. The Hall–Kier alpha value is -0.470. The number of hydrogen-bond donors (Lipinski definition) is 0. The molecule has 0 aliphatic rings. The van der Waals surface area contributed by atoms with Crippen LogP contribution >= 0.6 is 0 Å². The minimum Gasteiger partial charge on any atom is -0.206 e. The molecule has 0 nitrogen and oxygen atoms in total. The van der Waals surface area contributed by atoms with Crippen molar-refractivity contribution < 1.29 is 13.2 Å². The molecule has 0 saturated carbocycles. The molecule has 0 N–H and O–H groups in total. The Balaban J connectivity index is 4.03. The largest absolute Gasteiger partial charge is 0.295 e. The van der Waals surface area contributed by atoms with Crippen LogP contribution in [0.1, 0.15) is 20.3 Å². The zero-order valence-electron chi connectivity index (χ0n) is 5.42. The predicted molar refractivity (Wildman–Crippen MR) is 30.1 cm³/mol. The SMILES string of the molecule is CCC=C(F)C(C)(F)F. The predicted octanol–water partition coefficient (Wildman–Crippen LogP) is 2.91. The molecule has 0 unspecified atom stereocenters. The first-order valence-corrected chi connectivity index (χ1v) is 2.72. The highest BCUT2D eigenvalue weighted by atomic mass is 19.3. The van der Waals surface area contributed by atoms with E-state index in [1.807, 2.05) is 0 Å². The molecule has 0 spiro atoms. The molecule has 54 valence electrons. The minimum absolute atomic E-state index is 0.301. The maximum Gasteiger partial charge on any atom is 0.295 e. The molecular formula is C6H9F3. The van der Waals surface area contributed by atoms with Crippen LogP contribution in [0.25, 0.3) is 0 Å². The minimum atomic E-state index is -3.30. The lowest BCUT2D eigenvalue weighted by Gasteiger charge is -2.05. The second kappa shape index (κ2) is 2.90. The molecule has 0 atom stereocenters. The van der Waals surface area contributed by atoms with Gasteiger partial charge in [0.1, 0.15) is 0 Å². The van der Waals surface area contributed by atoms with Crippen LogP contribution in [0.5, 0.6) is 0 Å². The summed E-state index contributed by atoms with van der Waals surface area (Å²) in [4.78, 5) is 0. The van der Waals surface area contributed by atoms with Crippen molar-refractivity contribution >= 4 is 0 Å². The van der Waals surface area contributed by atoms with Crippen molar-refractivity contribution in [1.29, 1.82) is 0 Å². The van der Waals surface area contributed by atoms with Crippen LogP contribution in [0.2, 0.25) is 0 Å². The van der Waals surface area contributed by atoms with Crippen LogP contribution in [0.3, 0.4) is 0 Å². The fourth-order valence-corrected chi connectivity index (χ4v) is 0.358. The van der Waals surface area contributed by atoms with E-state index in [1.165, 1.54) is 0 Å². The van der Waals surface area contributed by atoms with Gasteiger partial charge < -0.3 is 0 Å². The molecule has 0 heterocycles. The van der Waals surface area contributed by atoms with Gasteiger partial charge in [0.25, 0.3) is 5.92 Å². The maximum atomic E-state index is 12.0. The third kappa shape index (κ3) is 3.16. The molecule has 0 aliphatic carbocycles. The first kappa shape index (κ1) is 8.53. The molecule has 0 aromatic rings. The second-order valence-electron chi connectivity index (χ2n) is 1.85. The summed E-state index contributed by atoms with van der Waals surface area (Å²) in [6, 6.07) is 0. The molecule has 0 aliphatic heterocycles. The normalized spacial score (nSPS) is 14.1. The number of alkyl halides is 2. The van der Waals surface area contributed by atoms with Gasteiger partial charge in [0, 0.05) is 6.92 Å². The van der Waals surface area contributed by atoms with E-state index < -0.39 is 11.7 Å². The summed E-state index contributed by atoms with van der Waals surface area (Å²) in [7, 11) is 0. The summed E-state index contributed by atoms with van der Waals surface area (Å²) in [6.45, 7) is 2.14. The maximum absolute atomic E-state index is 12.0. The first-order valence-electron chi connectivity index (χ1n) is 2.72. The molecule has 0 amide bonds. The molecule has 0 radical (unpaired) electrons. The van der Waals surface area contributed by atoms with E-state index in [0.717, 1.165) is 6.08 Å². The van der Waals surface area contributed by atoms with Gasteiger partial charge in [0.15, 0.2) is 5.83 Å². The Labute approximate surface area is 52.4 Å².